The summed E-state index contributed by atoms with van der Waals surface area (Å²) in [6.07, 6.45) is 1.47. The Morgan fingerprint density at radius 2 is 1.94 bits per heavy atom. The van der Waals surface area contributed by atoms with Crippen LogP contribution in [0.4, 0.5) is 5.13 Å². The topological polar surface area (TPSA) is 98.9 Å². The molecule has 1 aliphatic heterocycles. The number of thiazole rings is 1. The number of ether oxygens (including phenoxy) is 2. The molecule has 36 heavy (non-hydrogen) atoms. The molecule has 9 heteroatoms. The van der Waals surface area contributed by atoms with Crippen LogP contribution >= 0.6 is 11.3 Å². The summed E-state index contributed by atoms with van der Waals surface area (Å²) in [5.74, 6) is -0.476. The smallest absolute Gasteiger partial charge is 0.350 e. The van der Waals surface area contributed by atoms with E-state index in [9.17, 15) is 14.4 Å². The maximum Gasteiger partial charge on any atom is 0.350 e. The third-order valence-electron chi connectivity index (χ3n) is 5.97. The highest BCUT2D eigenvalue weighted by Gasteiger charge is 2.45. The zero-order valence-electron chi connectivity index (χ0n) is 19.9. The third kappa shape index (κ3) is 3.77. The lowest BCUT2D eigenvalue weighted by atomic mass is 9.98. The number of anilines is 1. The number of benzene rings is 2. The van der Waals surface area contributed by atoms with Crippen LogP contribution in [0.15, 0.2) is 64.3 Å². The Hall–Kier alpha value is -4.24. The summed E-state index contributed by atoms with van der Waals surface area (Å²) in [6.45, 7) is 7.16. The van der Waals surface area contributed by atoms with Crippen molar-refractivity contribution in [3.8, 4) is 5.75 Å². The van der Waals surface area contributed by atoms with Gasteiger partial charge in [-0.3, -0.25) is 14.5 Å². The van der Waals surface area contributed by atoms with Crippen LogP contribution in [0.25, 0.3) is 11.0 Å². The minimum atomic E-state index is -0.804. The number of nitrogens with zero attached hydrogens (tertiary/aromatic N) is 2. The number of aromatic nitrogens is 1. The molecule has 5 rings (SSSR count). The number of methoxy groups -OCH3 is 1. The third-order valence-corrected chi connectivity index (χ3v) is 7.10. The summed E-state index contributed by atoms with van der Waals surface area (Å²) < 4.78 is 16.4. The molecule has 1 aliphatic rings. The van der Waals surface area contributed by atoms with Crippen LogP contribution in [0.1, 0.15) is 48.7 Å². The van der Waals surface area contributed by atoms with Gasteiger partial charge in [-0.05, 0) is 43.7 Å². The number of fused-ring (bicyclic) bond motifs is 2. The van der Waals surface area contributed by atoms with Crippen LogP contribution in [0.5, 0.6) is 5.75 Å². The van der Waals surface area contributed by atoms with Crippen molar-refractivity contribution >= 4 is 39.3 Å². The van der Waals surface area contributed by atoms with Crippen molar-refractivity contribution in [2.75, 3.05) is 18.6 Å². The summed E-state index contributed by atoms with van der Waals surface area (Å²) in [5, 5.41) is 0.654. The molecule has 0 aliphatic carbocycles. The number of amides is 1. The largest absolute Gasteiger partial charge is 0.497 e. The van der Waals surface area contributed by atoms with Crippen molar-refractivity contribution in [2.45, 2.75) is 19.9 Å². The minimum absolute atomic E-state index is 0.0409. The Morgan fingerprint density at radius 1 is 1.19 bits per heavy atom. The molecule has 0 spiro atoms. The lowest BCUT2D eigenvalue weighted by Crippen LogP contribution is -2.29. The summed E-state index contributed by atoms with van der Waals surface area (Å²) in [7, 11) is 1.56. The molecule has 1 atom stereocenters. The second-order valence-electron chi connectivity index (χ2n) is 8.32. The van der Waals surface area contributed by atoms with Crippen molar-refractivity contribution in [2.24, 2.45) is 0 Å². The highest BCUT2D eigenvalue weighted by atomic mass is 32.1. The number of hydrogen-bond acceptors (Lipinski definition) is 8. The van der Waals surface area contributed by atoms with E-state index in [1.165, 1.54) is 11.0 Å². The Labute approximate surface area is 210 Å². The maximum atomic E-state index is 13.7. The molecule has 182 valence electrons. The van der Waals surface area contributed by atoms with Gasteiger partial charge in [-0.2, -0.15) is 0 Å². The Balaban J connectivity index is 1.71. The van der Waals surface area contributed by atoms with Gasteiger partial charge in [-0.25, -0.2) is 9.78 Å². The number of carbonyl (C=O) groups excluding carboxylic acids is 2. The van der Waals surface area contributed by atoms with E-state index in [4.69, 9.17) is 13.9 Å². The van der Waals surface area contributed by atoms with Gasteiger partial charge in [0.15, 0.2) is 10.6 Å². The second-order valence-corrected chi connectivity index (χ2v) is 9.30. The van der Waals surface area contributed by atoms with E-state index >= 15 is 0 Å². The number of hydrogen-bond donors (Lipinski definition) is 0. The van der Waals surface area contributed by atoms with Crippen LogP contribution < -0.4 is 15.1 Å². The van der Waals surface area contributed by atoms with Crippen molar-refractivity contribution in [3.63, 3.8) is 0 Å². The predicted octanol–water partition coefficient (Wildman–Crippen LogP) is 4.97. The van der Waals surface area contributed by atoms with E-state index < -0.39 is 17.9 Å². The summed E-state index contributed by atoms with van der Waals surface area (Å²) >= 11 is 1.03. The zero-order valence-corrected chi connectivity index (χ0v) is 20.7. The van der Waals surface area contributed by atoms with E-state index in [1.807, 2.05) is 13.0 Å². The quantitative estimate of drug-likeness (QED) is 0.271. The molecule has 3 heterocycles. The van der Waals surface area contributed by atoms with Gasteiger partial charge in [0.05, 0.1) is 29.8 Å². The fourth-order valence-corrected chi connectivity index (χ4v) is 5.25. The average Bonchev–Trinajstić information content (AvgIpc) is 3.40. The number of esters is 1. The van der Waals surface area contributed by atoms with Crippen molar-refractivity contribution in [1.82, 2.24) is 4.98 Å². The molecule has 0 saturated heterocycles. The van der Waals surface area contributed by atoms with Gasteiger partial charge in [0.25, 0.3) is 5.91 Å². The van der Waals surface area contributed by atoms with Gasteiger partial charge in [-0.15, -0.1) is 0 Å². The number of rotatable bonds is 6. The monoisotopic (exact) mass is 502 g/mol. The fourth-order valence-electron chi connectivity index (χ4n) is 4.26. The molecule has 2 aromatic carbocycles. The molecule has 4 aromatic rings. The molecule has 0 radical (unpaired) electrons. The number of aryl methyl sites for hydroxylation is 2. The van der Waals surface area contributed by atoms with Gasteiger partial charge in [0.1, 0.15) is 22.8 Å². The minimum Gasteiger partial charge on any atom is -0.497 e. The van der Waals surface area contributed by atoms with Crippen LogP contribution in [0.3, 0.4) is 0 Å². The predicted molar refractivity (Wildman–Crippen MR) is 136 cm³/mol. The van der Waals surface area contributed by atoms with E-state index in [1.54, 1.807) is 50.4 Å². The molecular weight excluding hydrogens is 480 g/mol. The van der Waals surface area contributed by atoms with E-state index in [0.29, 0.717) is 28.0 Å². The molecule has 8 nitrogen and oxygen atoms in total. The molecular formula is C27H22N2O6S. The standard InChI is InChI=1S/C27H22N2O6S/c1-5-12-34-26(32)24-15(3)28-27(36-24)29-21(16-7-9-17(33-4)10-8-16)20-22(30)18-13-14(2)6-11-19(18)35-23(20)25(29)31/h5-11,13,21H,1,12H2,2-4H3. The van der Waals surface area contributed by atoms with Crippen LogP contribution in [0, 0.1) is 13.8 Å². The molecule has 0 N–H and O–H groups in total. The van der Waals surface area contributed by atoms with E-state index in [2.05, 4.69) is 11.6 Å². The van der Waals surface area contributed by atoms with Crippen LogP contribution in [-0.2, 0) is 4.74 Å². The molecule has 0 saturated carbocycles. The van der Waals surface area contributed by atoms with E-state index in [-0.39, 0.29) is 33.4 Å². The first-order valence-corrected chi connectivity index (χ1v) is 12.0. The lowest BCUT2D eigenvalue weighted by Gasteiger charge is -2.22. The second kappa shape index (κ2) is 9.09. The molecule has 0 bridgehead atoms. The maximum absolute atomic E-state index is 13.7. The fraction of sp³-hybridized carbons (Fsp3) is 0.185. The zero-order chi connectivity index (χ0) is 25.6. The Bertz CT molecular complexity index is 1580. The van der Waals surface area contributed by atoms with Gasteiger partial charge < -0.3 is 13.9 Å². The Morgan fingerprint density at radius 3 is 2.64 bits per heavy atom. The highest BCUT2D eigenvalue weighted by molar-refractivity contribution is 7.17. The highest BCUT2D eigenvalue weighted by Crippen LogP contribution is 2.43. The van der Waals surface area contributed by atoms with E-state index in [0.717, 1.165) is 16.9 Å². The first kappa shape index (κ1) is 23.5. The normalized spacial score (nSPS) is 14.7. The first-order chi connectivity index (χ1) is 17.3. The van der Waals surface area contributed by atoms with Crippen LogP contribution in [0.2, 0.25) is 0 Å². The SMILES string of the molecule is C=CCOC(=O)c1sc(N2C(=O)c3oc4ccc(C)cc4c(=O)c3C2c2ccc(OC)cc2)nc1C. The van der Waals surface area contributed by atoms with Crippen molar-refractivity contribution < 1.29 is 23.5 Å². The van der Waals surface area contributed by atoms with Gasteiger partial charge in [0.2, 0.25) is 5.76 Å². The van der Waals surface area contributed by atoms with Crippen molar-refractivity contribution in [1.29, 1.82) is 0 Å². The lowest BCUT2D eigenvalue weighted by molar-refractivity contribution is 0.0554. The summed E-state index contributed by atoms with van der Waals surface area (Å²) in [5.41, 5.74) is 2.26. The Kier molecular flexibility index (Phi) is 5.93. The summed E-state index contributed by atoms with van der Waals surface area (Å²) in [6, 6.07) is 11.6. The first-order valence-electron chi connectivity index (χ1n) is 11.1. The summed E-state index contributed by atoms with van der Waals surface area (Å²) in [4.78, 5) is 46.2. The molecule has 1 unspecified atom stereocenters. The molecule has 0 fully saturated rings. The molecule has 1 amide bonds. The van der Waals surface area contributed by atoms with Gasteiger partial charge in [-0.1, -0.05) is 47.8 Å². The van der Waals surface area contributed by atoms with Crippen molar-refractivity contribution in [3.05, 3.63) is 98.4 Å². The average molecular weight is 503 g/mol. The number of carbonyl (C=O) groups is 2. The van der Waals surface area contributed by atoms with Gasteiger partial charge >= 0.3 is 5.97 Å². The molecule has 2 aromatic heterocycles. The van der Waals surface area contributed by atoms with Crippen LogP contribution in [-0.4, -0.2) is 30.6 Å². The van der Waals surface area contributed by atoms with Gasteiger partial charge in [0, 0.05) is 0 Å².